The Morgan fingerprint density at radius 3 is 2.70 bits per heavy atom. The maximum Gasteiger partial charge on any atom is 0.274 e. The second kappa shape index (κ2) is 8.87. The van der Waals surface area contributed by atoms with Crippen molar-refractivity contribution in [3.05, 3.63) is 83.1 Å². The summed E-state index contributed by atoms with van der Waals surface area (Å²) in [5.74, 6) is -0.186. The number of hydrogen-bond acceptors (Lipinski definition) is 5. The summed E-state index contributed by atoms with van der Waals surface area (Å²) >= 11 is 1.39. The quantitative estimate of drug-likeness (QED) is 0.476. The highest BCUT2D eigenvalue weighted by Gasteiger charge is 2.13. The summed E-state index contributed by atoms with van der Waals surface area (Å²) in [6.45, 7) is 4.78. The van der Waals surface area contributed by atoms with Gasteiger partial charge >= 0.3 is 0 Å². The van der Waals surface area contributed by atoms with Crippen LogP contribution in [-0.2, 0) is 6.54 Å². The number of carbonyl (C=O) groups excluding carboxylic acids is 1. The van der Waals surface area contributed by atoms with E-state index in [0.717, 1.165) is 17.0 Å². The zero-order chi connectivity index (χ0) is 20.9. The van der Waals surface area contributed by atoms with E-state index >= 15 is 0 Å². The lowest BCUT2D eigenvalue weighted by Gasteiger charge is -2.08. The molecular formula is C22H22N6OS. The fourth-order valence-corrected chi connectivity index (χ4v) is 3.60. The van der Waals surface area contributed by atoms with Crippen LogP contribution in [-0.4, -0.2) is 30.2 Å². The summed E-state index contributed by atoms with van der Waals surface area (Å²) in [5, 5.41) is 9.84. The maximum atomic E-state index is 12.7. The molecule has 1 amide bonds. The normalized spacial score (nSPS) is 11.4. The van der Waals surface area contributed by atoms with Gasteiger partial charge in [0.05, 0.1) is 11.4 Å². The van der Waals surface area contributed by atoms with Crippen LogP contribution in [0.1, 0.15) is 47.3 Å². The zero-order valence-electron chi connectivity index (χ0n) is 16.8. The van der Waals surface area contributed by atoms with E-state index in [1.165, 1.54) is 11.3 Å². The summed E-state index contributed by atoms with van der Waals surface area (Å²) in [7, 11) is 0. The predicted octanol–water partition coefficient (Wildman–Crippen LogP) is 4.59. The minimum atomic E-state index is -0.186. The first-order chi connectivity index (χ1) is 14.6. The molecule has 0 radical (unpaired) electrons. The minimum absolute atomic E-state index is 0.186. The third kappa shape index (κ3) is 4.72. The predicted molar refractivity (Wildman–Crippen MR) is 119 cm³/mol. The van der Waals surface area contributed by atoms with Gasteiger partial charge in [-0.05, 0) is 61.9 Å². The highest BCUT2D eigenvalue weighted by molar-refractivity contribution is 7.14. The Balaban J connectivity index is 1.41. The monoisotopic (exact) mass is 418 g/mol. The third-order valence-corrected chi connectivity index (χ3v) is 5.27. The van der Waals surface area contributed by atoms with Gasteiger partial charge in [0.25, 0.3) is 5.91 Å². The molecule has 0 saturated heterocycles. The topological polar surface area (TPSA) is 77.6 Å². The van der Waals surface area contributed by atoms with Gasteiger partial charge in [0.1, 0.15) is 5.69 Å². The molecule has 0 aromatic carbocycles. The van der Waals surface area contributed by atoms with Crippen LogP contribution in [0.2, 0.25) is 0 Å². The summed E-state index contributed by atoms with van der Waals surface area (Å²) in [6.07, 6.45) is 11.2. The average molecular weight is 419 g/mol. The van der Waals surface area contributed by atoms with Crippen molar-refractivity contribution in [2.45, 2.75) is 26.4 Å². The maximum absolute atomic E-state index is 12.7. The number of pyridine rings is 1. The van der Waals surface area contributed by atoms with Gasteiger partial charge in [0.2, 0.25) is 0 Å². The van der Waals surface area contributed by atoms with E-state index in [0.29, 0.717) is 23.4 Å². The molecule has 0 saturated carbocycles. The average Bonchev–Trinajstić information content (AvgIpc) is 3.48. The number of thiazole rings is 1. The van der Waals surface area contributed by atoms with Crippen molar-refractivity contribution >= 4 is 34.5 Å². The first kappa shape index (κ1) is 19.8. The minimum Gasteiger partial charge on any atom is -0.339 e. The molecule has 0 spiro atoms. The molecule has 4 aromatic heterocycles. The van der Waals surface area contributed by atoms with E-state index in [2.05, 4.69) is 34.2 Å². The van der Waals surface area contributed by atoms with Gasteiger partial charge in [-0.15, -0.1) is 11.3 Å². The molecule has 30 heavy (non-hydrogen) atoms. The molecule has 4 aromatic rings. The van der Waals surface area contributed by atoms with Crippen LogP contribution >= 0.6 is 11.3 Å². The molecule has 152 valence electrons. The Morgan fingerprint density at radius 1 is 1.13 bits per heavy atom. The second-order valence-electron chi connectivity index (χ2n) is 7.06. The van der Waals surface area contributed by atoms with Crippen molar-refractivity contribution in [1.82, 2.24) is 24.3 Å². The van der Waals surface area contributed by atoms with E-state index in [4.69, 9.17) is 0 Å². The molecule has 0 bridgehead atoms. The number of amides is 1. The summed E-state index contributed by atoms with van der Waals surface area (Å²) in [6, 6.07) is 9.82. The van der Waals surface area contributed by atoms with E-state index in [9.17, 15) is 4.79 Å². The summed E-state index contributed by atoms with van der Waals surface area (Å²) in [4.78, 5) is 21.2. The lowest BCUT2D eigenvalue weighted by molar-refractivity contribution is 0.101. The molecule has 0 atom stereocenters. The Hall–Kier alpha value is -3.52. The van der Waals surface area contributed by atoms with Crippen LogP contribution in [0, 0.1) is 0 Å². The molecule has 0 aliphatic carbocycles. The highest BCUT2D eigenvalue weighted by Crippen LogP contribution is 2.19. The van der Waals surface area contributed by atoms with Gasteiger partial charge in [-0.2, -0.15) is 5.10 Å². The Morgan fingerprint density at radius 2 is 1.93 bits per heavy atom. The molecule has 0 aliphatic heterocycles. The molecule has 0 unspecified atom stereocenters. The van der Waals surface area contributed by atoms with E-state index in [1.54, 1.807) is 18.5 Å². The highest BCUT2D eigenvalue weighted by atomic mass is 32.1. The van der Waals surface area contributed by atoms with Crippen LogP contribution in [0.3, 0.4) is 0 Å². The van der Waals surface area contributed by atoms with Gasteiger partial charge in [-0.3, -0.25) is 19.8 Å². The fraction of sp³-hybridized carbons (Fsp3) is 0.182. The van der Waals surface area contributed by atoms with Gasteiger partial charge in [-0.1, -0.05) is 0 Å². The molecule has 8 heteroatoms. The van der Waals surface area contributed by atoms with Crippen LogP contribution in [0.4, 0.5) is 5.13 Å². The number of nitrogens with zero attached hydrogens (tertiary/aromatic N) is 5. The fourth-order valence-electron chi connectivity index (χ4n) is 2.92. The number of aromatic nitrogens is 5. The summed E-state index contributed by atoms with van der Waals surface area (Å²) < 4.78 is 3.82. The number of rotatable bonds is 7. The van der Waals surface area contributed by atoms with Crippen LogP contribution in [0.25, 0.3) is 12.2 Å². The van der Waals surface area contributed by atoms with Crippen molar-refractivity contribution < 1.29 is 4.79 Å². The molecule has 1 N–H and O–H groups in total. The molecule has 4 heterocycles. The lowest BCUT2D eigenvalue weighted by atomic mass is 10.2. The second-order valence-corrected chi connectivity index (χ2v) is 7.91. The van der Waals surface area contributed by atoms with Gasteiger partial charge in [-0.25, -0.2) is 4.98 Å². The van der Waals surface area contributed by atoms with Crippen molar-refractivity contribution in [2.24, 2.45) is 0 Å². The van der Waals surface area contributed by atoms with Gasteiger partial charge < -0.3 is 4.57 Å². The van der Waals surface area contributed by atoms with Crippen molar-refractivity contribution in [2.75, 3.05) is 5.32 Å². The van der Waals surface area contributed by atoms with Crippen LogP contribution in [0.5, 0.6) is 0 Å². The number of hydrogen-bond donors (Lipinski definition) is 1. The number of nitrogens with one attached hydrogen (secondary N) is 1. The Bertz CT molecular complexity index is 1160. The first-order valence-corrected chi connectivity index (χ1v) is 10.5. The van der Waals surface area contributed by atoms with Gasteiger partial charge in [0, 0.05) is 42.8 Å². The van der Waals surface area contributed by atoms with Crippen LogP contribution in [0.15, 0.2) is 60.5 Å². The van der Waals surface area contributed by atoms with E-state index in [-0.39, 0.29) is 5.91 Å². The Kier molecular flexibility index (Phi) is 5.85. The first-order valence-electron chi connectivity index (χ1n) is 9.62. The van der Waals surface area contributed by atoms with Crippen molar-refractivity contribution in [3.63, 3.8) is 0 Å². The van der Waals surface area contributed by atoms with E-state index < -0.39 is 0 Å². The molecule has 4 rings (SSSR count). The third-order valence-electron chi connectivity index (χ3n) is 4.49. The molecular weight excluding hydrogens is 396 g/mol. The SMILES string of the molecule is CC(C)n1ccc(C=Cc2csc(NC(=O)c3cccn3Cc3ccncc3)n2)n1. The van der Waals surface area contributed by atoms with Crippen molar-refractivity contribution in [1.29, 1.82) is 0 Å². The molecule has 0 aliphatic rings. The molecule has 0 fully saturated rings. The van der Waals surface area contributed by atoms with Gasteiger partial charge in [0.15, 0.2) is 5.13 Å². The lowest BCUT2D eigenvalue weighted by Crippen LogP contribution is -2.17. The van der Waals surface area contributed by atoms with Crippen LogP contribution < -0.4 is 5.32 Å². The molecule has 7 nitrogen and oxygen atoms in total. The zero-order valence-corrected chi connectivity index (χ0v) is 17.6. The summed E-state index contributed by atoms with van der Waals surface area (Å²) in [5.41, 5.74) is 3.31. The van der Waals surface area contributed by atoms with E-state index in [1.807, 2.05) is 63.4 Å². The number of carbonyl (C=O) groups is 1. The standard InChI is InChI=1S/C22H22N6OS/c1-16(2)28-13-9-18(26-28)5-6-19-15-30-22(24-19)25-21(29)20-4-3-12-27(20)14-17-7-10-23-11-8-17/h3-13,15-16H,14H2,1-2H3,(H,24,25,29). The number of anilines is 1. The smallest absolute Gasteiger partial charge is 0.274 e. The largest absolute Gasteiger partial charge is 0.339 e. The van der Waals surface area contributed by atoms with Crippen molar-refractivity contribution in [3.8, 4) is 0 Å². The Labute approximate surface area is 178 Å².